The van der Waals surface area contributed by atoms with E-state index in [0.717, 1.165) is 12.8 Å². The molecule has 1 aromatic rings. The van der Waals surface area contributed by atoms with Crippen LogP contribution in [0.5, 0.6) is 0 Å². The molecule has 0 spiro atoms. The van der Waals surface area contributed by atoms with Gasteiger partial charge >= 0.3 is 5.97 Å². The van der Waals surface area contributed by atoms with Crippen molar-refractivity contribution in [1.82, 2.24) is 10.3 Å². The average molecular weight is 308 g/mol. The summed E-state index contributed by atoms with van der Waals surface area (Å²) >= 11 is 0. The van der Waals surface area contributed by atoms with Crippen LogP contribution in [0.1, 0.15) is 72.1 Å². The van der Waals surface area contributed by atoms with Crippen LogP contribution in [0.25, 0.3) is 0 Å². The molecule has 1 heterocycles. The maximum absolute atomic E-state index is 12.4. The fourth-order valence-corrected chi connectivity index (χ4v) is 2.60. The third-order valence-corrected chi connectivity index (χ3v) is 3.67. The standard InChI is InChI=1S/C16H24N2O4/c1-5-7-8-12(16(21)22)18-15(20)14-11(6-2)13(10(4)19)9(3)17-14/h12,17H,5-8H2,1-4H3,(H,18,20)(H,21,22). The van der Waals surface area contributed by atoms with Gasteiger partial charge < -0.3 is 15.4 Å². The second-order valence-electron chi connectivity index (χ2n) is 5.39. The van der Waals surface area contributed by atoms with Gasteiger partial charge in [-0.2, -0.15) is 0 Å². The monoisotopic (exact) mass is 308 g/mol. The number of unbranched alkanes of at least 4 members (excludes halogenated alkanes) is 1. The molecule has 0 aromatic carbocycles. The van der Waals surface area contributed by atoms with Gasteiger partial charge in [-0.3, -0.25) is 9.59 Å². The molecule has 0 aliphatic carbocycles. The zero-order chi connectivity index (χ0) is 16.9. The summed E-state index contributed by atoms with van der Waals surface area (Å²) in [5.41, 5.74) is 2.08. The molecule has 0 saturated heterocycles. The number of H-pyrrole nitrogens is 1. The van der Waals surface area contributed by atoms with E-state index in [9.17, 15) is 19.5 Å². The molecule has 0 aliphatic rings. The van der Waals surface area contributed by atoms with Gasteiger partial charge in [0.05, 0.1) is 0 Å². The molecule has 1 atom stereocenters. The number of aryl methyl sites for hydroxylation is 1. The van der Waals surface area contributed by atoms with E-state index >= 15 is 0 Å². The van der Waals surface area contributed by atoms with E-state index < -0.39 is 17.9 Å². The van der Waals surface area contributed by atoms with Crippen LogP contribution in [-0.2, 0) is 11.2 Å². The average Bonchev–Trinajstić information content (AvgIpc) is 2.79. The molecule has 6 heteroatoms. The number of carboxylic acids is 1. The normalized spacial score (nSPS) is 12.0. The molecular formula is C16H24N2O4. The third-order valence-electron chi connectivity index (χ3n) is 3.67. The summed E-state index contributed by atoms with van der Waals surface area (Å²) in [5.74, 6) is -1.63. The second kappa shape index (κ2) is 7.77. The molecule has 0 aliphatic heterocycles. The van der Waals surface area contributed by atoms with Crippen molar-refractivity contribution in [2.45, 2.75) is 59.4 Å². The molecule has 0 saturated carbocycles. The van der Waals surface area contributed by atoms with Gasteiger partial charge in [0.15, 0.2) is 5.78 Å². The molecule has 122 valence electrons. The van der Waals surface area contributed by atoms with Gasteiger partial charge in [-0.1, -0.05) is 26.7 Å². The molecule has 0 radical (unpaired) electrons. The highest BCUT2D eigenvalue weighted by atomic mass is 16.4. The Morgan fingerprint density at radius 1 is 1.27 bits per heavy atom. The van der Waals surface area contributed by atoms with Crippen molar-refractivity contribution in [3.05, 3.63) is 22.5 Å². The van der Waals surface area contributed by atoms with Crippen LogP contribution in [0.2, 0.25) is 0 Å². The minimum atomic E-state index is -1.05. The highest BCUT2D eigenvalue weighted by Gasteiger charge is 2.25. The Labute approximate surface area is 130 Å². The first-order valence-electron chi connectivity index (χ1n) is 7.59. The lowest BCUT2D eigenvalue weighted by molar-refractivity contribution is -0.139. The fourth-order valence-electron chi connectivity index (χ4n) is 2.60. The number of aliphatic carboxylic acids is 1. The second-order valence-corrected chi connectivity index (χ2v) is 5.39. The van der Waals surface area contributed by atoms with E-state index in [-0.39, 0.29) is 11.5 Å². The lowest BCUT2D eigenvalue weighted by atomic mass is 10.0. The Balaban J connectivity index is 3.04. The van der Waals surface area contributed by atoms with Gasteiger partial charge in [-0.05, 0) is 32.3 Å². The minimum Gasteiger partial charge on any atom is -0.480 e. The first-order valence-corrected chi connectivity index (χ1v) is 7.59. The molecule has 1 aromatic heterocycles. The zero-order valence-electron chi connectivity index (χ0n) is 13.6. The van der Waals surface area contributed by atoms with Crippen molar-refractivity contribution in [2.24, 2.45) is 0 Å². The molecule has 6 nitrogen and oxygen atoms in total. The number of hydrogen-bond donors (Lipinski definition) is 3. The fraction of sp³-hybridized carbons (Fsp3) is 0.562. The first kappa shape index (κ1) is 17.9. The summed E-state index contributed by atoms with van der Waals surface area (Å²) in [7, 11) is 0. The number of carbonyl (C=O) groups is 3. The van der Waals surface area contributed by atoms with Gasteiger partial charge in [0, 0.05) is 11.3 Å². The first-order chi connectivity index (χ1) is 10.3. The number of Topliss-reactive ketones (excluding diaryl/α,β-unsaturated/α-hetero) is 1. The zero-order valence-corrected chi connectivity index (χ0v) is 13.6. The van der Waals surface area contributed by atoms with Gasteiger partial charge in [-0.25, -0.2) is 4.79 Å². The summed E-state index contributed by atoms with van der Waals surface area (Å²) in [6, 6.07) is -0.915. The predicted molar refractivity (Wildman–Crippen MR) is 83.3 cm³/mol. The molecule has 1 unspecified atom stereocenters. The molecule has 0 bridgehead atoms. The van der Waals surface area contributed by atoms with Crippen LogP contribution < -0.4 is 5.32 Å². The number of ketones is 1. The van der Waals surface area contributed by atoms with Crippen molar-refractivity contribution in [3.8, 4) is 0 Å². The molecule has 22 heavy (non-hydrogen) atoms. The van der Waals surface area contributed by atoms with Gasteiger partial charge in [0.1, 0.15) is 11.7 Å². The van der Waals surface area contributed by atoms with Crippen molar-refractivity contribution in [1.29, 1.82) is 0 Å². The van der Waals surface area contributed by atoms with Crippen LogP contribution in [0, 0.1) is 6.92 Å². The van der Waals surface area contributed by atoms with Crippen LogP contribution in [0.3, 0.4) is 0 Å². The molecule has 3 N–H and O–H groups in total. The number of aromatic nitrogens is 1. The lowest BCUT2D eigenvalue weighted by Crippen LogP contribution is -2.41. The number of amides is 1. The maximum atomic E-state index is 12.4. The van der Waals surface area contributed by atoms with E-state index in [1.165, 1.54) is 6.92 Å². The number of nitrogens with one attached hydrogen (secondary N) is 2. The summed E-state index contributed by atoms with van der Waals surface area (Å²) in [6.45, 7) is 7.01. The summed E-state index contributed by atoms with van der Waals surface area (Å²) in [6.07, 6.45) is 2.49. The molecule has 1 rings (SSSR count). The van der Waals surface area contributed by atoms with Crippen LogP contribution in [0.4, 0.5) is 0 Å². The Morgan fingerprint density at radius 3 is 2.36 bits per heavy atom. The minimum absolute atomic E-state index is 0.106. The van der Waals surface area contributed by atoms with E-state index in [4.69, 9.17) is 0 Å². The Bertz CT molecular complexity index is 575. The highest BCUT2D eigenvalue weighted by Crippen LogP contribution is 2.20. The smallest absolute Gasteiger partial charge is 0.326 e. The SMILES string of the molecule is CCCCC(NC(=O)c1[nH]c(C)c(C(C)=O)c1CC)C(=O)O. The number of hydrogen-bond acceptors (Lipinski definition) is 3. The number of carboxylic acid groups (broad SMARTS) is 1. The van der Waals surface area contributed by atoms with Crippen LogP contribution >= 0.6 is 0 Å². The van der Waals surface area contributed by atoms with E-state index in [2.05, 4.69) is 10.3 Å². The molecular weight excluding hydrogens is 284 g/mol. The van der Waals surface area contributed by atoms with Gasteiger partial charge in [-0.15, -0.1) is 0 Å². The van der Waals surface area contributed by atoms with E-state index in [0.29, 0.717) is 29.7 Å². The third kappa shape index (κ3) is 3.96. The highest BCUT2D eigenvalue weighted by molar-refractivity contribution is 6.03. The Morgan fingerprint density at radius 2 is 1.91 bits per heavy atom. The largest absolute Gasteiger partial charge is 0.480 e. The number of rotatable bonds is 8. The van der Waals surface area contributed by atoms with E-state index in [1.54, 1.807) is 6.92 Å². The van der Waals surface area contributed by atoms with Crippen molar-refractivity contribution in [3.63, 3.8) is 0 Å². The van der Waals surface area contributed by atoms with Crippen molar-refractivity contribution < 1.29 is 19.5 Å². The summed E-state index contributed by atoms with van der Waals surface area (Å²) < 4.78 is 0. The number of aromatic amines is 1. The molecule has 0 fully saturated rings. The Hall–Kier alpha value is -2.11. The van der Waals surface area contributed by atoms with Crippen LogP contribution in [-0.4, -0.2) is 33.8 Å². The van der Waals surface area contributed by atoms with Crippen molar-refractivity contribution >= 4 is 17.7 Å². The number of carbonyl (C=O) groups excluding carboxylic acids is 2. The topological polar surface area (TPSA) is 99.3 Å². The maximum Gasteiger partial charge on any atom is 0.326 e. The van der Waals surface area contributed by atoms with Gasteiger partial charge in [0.2, 0.25) is 0 Å². The quantitative estimate of drug-likeness (QED) is 0.642. The Kier molecular flexibility index (Phi) is 6.34. The summed E-state index contributed by atoms with van der Waals surface area (Å²) in [4.78, 5) is 38.2. The summed E-state index contributed by atoms with van der Waals surface area (Å²) in [5, 5.41) is 11.7. The van der Waals surface area contributed by atoms with Gasteiger partial charge in [0.25, 0.3) is 5.91 Å². The molecule has 1 amide bonds. The van der Waals surface area contributed by atoms with Crippen LogP contribution in [0.15, 0.2) is 0 Å². The van der Waals surface area contributed by atoms with E-state index in [1.807, 2.05) is 13.8 Å². The van der Waals surface area contributed by atoms with Crippen molar-refractivity contribution in [2.75, 3.05) is 0 Å². The predicted octanol–water partition coefficient (Wildman–Crippen LogP) is 2.46. The lowest BCUT2D eigenvalue weighted by Gasteiger charge is -2.14.